The molecule has 1 aliphatic heterocycles. The van der Waals surface area contributed by atoms with Gasteiger partial charge in [0.15, 0.2) is 0 Å². The molecule has 32 heavy (non-hydrogen) atoms. The zero-order valence-corrected chi connectivity index (χ0v) is 19.4. The van der Waals surface area contributed by atoms with Crippen LogP contribution < -0.4 is 10.1 Å². The van der Waals surface area contributed by atoms with Gasteiger partial charge in [-0.15, -0.1) is 22.7 Å². The fourth-order valence-electron chi connectivity index (χ4n) is 3.87. The quantitative estimate of drug-likeness (QED) is 0.473. The van der Waals surface area contributed by atoms with Crippen LogP contribution in [0.4, 0.5) is 13.8 Å². The van der Waals surface area contributed by atoms with Crippen LogP contribution in [-0.4, -0.2) is 43.7 Å². The highest BCUT2D eigenvalue weighted by atomic mass is 32.1. The summed E-state index contributed by atoms with van der Waals surface area (Å²) in [5, 5.41) is 5.79. The SMILES string of the molecule is Cc1sc(NC(=O)c2cccs2)c([C@H](c2ccc(OC(F)F)cc2)N2CCOCC2)c1C. The number of carbonyl (C=O) groups is 1. The lowest BCUT2D eigenvalue weighted by atomic mass is 9.94. The second-order valence-corrected chi connectivity index (χ2v) is 9.63. The third-order valence-electron chi connectivity index (χ3n) is 5.51. The highest BCUT2D eigenvalue weighted by Crippen LogP contribution is 2.43. The zero-order chi connectivity index (χ0) is 22.7. The zero-order valence-electron chi connectivity index (χ0n) is 17.8. The molecule has 1 atom stereocenters. The number of alkyl halides is 2. The summed E-state index contributed by atoms with van der Waals surface area (Å²) in [7, 11) is 0. The van der Waals surface area contributed by atoms with Gasteiger partial charge in [-0.05, 0) is 48.6 Å². The van der Waals surface area contributed by atoms with Gasteiger partial charge >= 0.3 is 6.61 Å². The number of thiophene rings is 2. The molecule has 4 rings (SSSR count). The van der Waals surface area contributed by atoms with E-state index in [1.165, 1.54) is 11.3 Å². The molecule has 0 radical (unpaired) electrons. The van der Waals surface area contributed by atoms with Crippen LogP contribution in [0.2, 0.25) is 0 Å². The summed E-state index contributed by atoms with van der Waals surface area (Å²) in [5.74, 6) is -0.0159. The Labute approximate surface area is 193 Å². The van der Waals surface area contributed by atoms with Gasteiger partial charge in [0, 0.05) is 23.5 Å². The van der Waals surface area contributed by atoms with Crippen molar-refractivity contribution in [1.29, 1.82) is 0 Å². The molecular formula is C23H24F2N2O3S2. The van der Waals surface area contributed by atoms with Crippen molar-refractivity contribution in [1.82, 2.24) is 4.90 Å². The summed E-state index contributed by atoms with van der Waals surface area (Å²) in [4.78, 5) is 16.9. The molecule has 0 spiro atoms. The average Bonchev–Trinajstić information content (AvgIpc) is 3.40. The minimum atomic E-state index is -2.86. The summed E-state index contributed by atoms with van der Waals surface area (Å²) in [5.41, 5.74) is 3.09. The number of anilines is 1. The standard InChI is InChI=1S/C23H24F2N2O3S2/c1-14-15(2)32-22(26-21(28)18-4-3-13-31-18)19(14)20(27-9-11-29-12-10-27)16-5-7-17(8-6-16)30-23(24)25/h3-8,13,20,23H,9-12H2,1-2H3,(H,26,28)/t20-/m0/s1. The molecule has 0 unspecified atom stereocenters. The van der Waals surface area contributed by atoms with Crippen molar-refractivity contribution in [2.24, 2.45) is 0 Å². The number of hydrogen-bond donors (Lipinski definition) is 1. The van der Waals surface area contributed by atoms with E-state index in [1.54, 1.807) is 29.5 Å². The van der Waals surface area contributed by atoms with E-state index in [0.717, 1.165) is 39.7 Å². The number of hydrogen-bond acceptors (Lipinski definition) is 6. The highest BCUT2D eigenvalue weighted by Gasteiger charge is 2.30. The van der Waals surface area contributed by atoms with Gasteiger partial charge in [-0.1, -0.05) is 18.2 Å². The number of nitrogens with zero attached hydrogens (tertiary/aromatic N) is 1. The van der Waals surface area contributed by atoms with Crippen LogP contribution in [0.25, 0.3) is 0 Å². The molecule has 1 saturated heterocycles. The van der Waals surface area contributed by atoms with Gasteiger partial charge < -0.3 is 14.8 Å². The van der Waals surface area contributed by atoms with Gasteiger partial charge in [0.25, 0.3) is 5.91 Å². The lowest BCUT2D eigenvalue weighted by molar-refractivity contribution is -0.0498. The topological polar surface area (TPSA) is 50.8 Å². The maximum atomic E-state index is 12.8. The predicted octanol–water partition coefficient (Wildman–Crippen LogP) is 5.70. The first-order valence-corrected chi connectivity index (χ1v) is 11.9. The molecule has 9 heteroatoms. The molecular weight excluding hydrogens is 454 g/mol. The van der Waals surface area contributed by atoms with Crippen LogP contribution >= 0.6 is 22.7 Å². The van der Waals surface area contributed by atoms with Crippen molar-refractivity contribution in [2.75, 3.05) is 31.6 Å². The smallest absolute Gasteiger partial charge is 0.387 e. The summed E-state index contributed by atoms with van der Waals surface area (Å²) >= 11 is 2.95. The minimum absolute atomic E-state index is 0.119. The van der Waals surface area contributed by atoms with E-state index in [4.69, 9.17) is 4.74 Å². The molecule has 1 aromatic carbocycles. The largest absolute Gasteiger partial charge is 0.435 e. The Bertz CT molecular complexity index is 1050. The number of halogens is 2. The highest BCUT2D eigenvalue weighted by molar-refractivity contribution is 7.17. The van der Waals surface area contributed by atoms with Crippen molar-refractivity contribution in [3.05, 3.63) is 68.2 Å². The van der Waals surface area contributed by atoms with E-state index in [-0.39, 0.29) is 17.7 Å². The van der Waals surface area contributed by atoms with E-state index < -0.39 is 6.61 Å². The summed E-state index contributed by atoms with van der Waals surface area (Å²) in [6.07, 6.45) is 0. The number of rotatable bonds is 7. The summed E-state index contributed by atoms with van der Waals surface area (Å²) in [6.45, 7) is 3.92. The molecule has 1 N–H and O–H groups in total. The van der Waals surface area contributed by atoms with E-state index in [9.17, 15) is 13.6 Å². The molecule has 0 saturated carbocycles. The van der Waals surface area contributed by atoms with E-state index in [1.807, 2.05) is 30.5 Å². The van der Waals surface area contributed by atoms with Crippen molar-refractivity contribution in [2.45, 2.75) is 26.5 Å². The van der Waals surface area contributed by atoms with Crippen LogP contribution in [0.5, 0.6) is 5.75 Å². The number of amides is 1. The van der Waals surface area contributed by atoms with E-state index >= 15 is 0 Å². The first kappa shape index (κ1) is 22.8. The lowest BCUT2D eigenvalue weighted by Crippen LogP contribution is -2.39. The van der Waals surface area contributed by atoms with Gasteiger partial charge in [0.1, 0.15) is 10.8 Å². The molecule has 2 aromatic heterocycles. The van der Waals surface area contributed by atoms with Crippen molar-refractivity contribution >= 4 is 33.6 Å². The summed E-state index contributed by atoms with van der Waals surface area (Å²) in [6, 6.07) is 10.3. The second-order valence-electron chi connectivity index (χ2n) is 7.46. The Hall–Kier alpha value is -2.33. The van der Waals surface area contributed by atoms with Crippen molar-refractivity contribution < 1.29 is 23.0 Å². The summed E-state index contributed by atoms with van der Waals surface area (Å²) < 4.78 is 35.3. The number of nitrogens with one attached hydrogen (secondary N) is 1. The number of aryl methyl sites for hydroxylation is 1. The average molecular weight is 479 g/mol. The van der Waals surface area contributed by atoms with Gasteiger partial charge in [-0.3, -0.25) is 9.69 Å². The lowest BCUT2D eigenvalue weighted by Gasteiger charge is -2.35. The molecule has 0 bridgehead atoms. The minimum Gasteiger partial charge on any atom is -0.435 e. The van der Waals surface area contributed by atoms with E-state index in [2.05, 4.69) is 21.9 Å². The van der Waals surface area contributed by atoms with Crippen LogP contribution in [-0.2, 0) is 4.74 Å². The van der Waals surface area contributed by atoms with Crippen LogP contribution in [0, 0.1) is 13.8 Å². The normalized spacial score (nSPS) is 15.7. The Morgan fingerprint density at radius 3 is 2.50 bits per heavy atom. The maximum absolute atomic E-state index is 12.8. The number of ether oxygens (including phenoxy) is 2. The number of morpholine rings is 1. The van der Waals surface area contributed by atoms with Crippen LogP contribution in [0.3, 0.4) is 0 Å². The maximum Gasteiger partial charge on any atom is 0.387 e. The van der Waals surface area contributed by atoms with Crippen LogP contribution in [0.1, 0.15) is 37.3 Å². The molecule has 1 fully saturated rings. The molecule has 1 aliphatic rings. The monoisotopic (exact) mass is 478 g/mol. The van der Waals surface area contributed by atoms with Gasteiger partial charge in [0.2, 0.25) is 0 Å². The Morgan fingerprint density at radius 2 is 1.88 bits per heavy atom. The number of carbonyl (C=O) groups excluding carboxylic acids is 1. The Kier molecular flexibility index (Phi) is 7.20. The predicted molar refractivity (Wildman–Crippen MR) is 123 cm³/mol. The van der Waals surface area contributed by atoms with Crippen molar-refractivity contribution in [3.63, 3.8) is 0 Å². The third-order valence-corrected chi connectivity index (χ3v) is 7.52. The van der Waals surface area contributed by atoms with Crippen LogP contribution in [0.15, 0.2) is 41.8 Å². The number of benzene rings is 1. The van der Waals surface area contributed by atoms with Gasteiger partial charge in [-0.2, -0.15) is 8.78 Å². The third kappa shape index (κ3) is 5.01. The van der Waals surface area contributed by atoms with E-state index in [0.29, 0.717) is 18.1 Å². The Balaban J connectivity index is 1.73. The molecule has 3 aromatic rings. The molecule has 3 heterocycles. The van der Waals surface area contributed by atoms with Gasteiger partial charge in [-0.25, -0.2) is 0 Å². The fraction of sp³-hybridized carbons (Fsp3) is 0.348. The van der Waals surface area contributed by atoms with Crippen molar-refractivity contribution in [3.8, 4) is 5.75 Å². The molecule has 1 amide bonds. The second kappa shape index (κ2) is 10.1. The first-order chi connectivity index (χ1) is 15.4. The van der Waals surface area contributed by atoms with Gasteiger partial charge in [0.05, 0.1) is 24.1 Å². The fourth-order valence-corrected chi connectivity index (χ4v) is 5.57. The molecule has 0 aliphatic carbocycles. The molecule has 5 nitrogen and oxygen atoms in total. The first-order valence-electron chi connectivity index (χ1n) is 10.3. The Morgan fingerprint density at radius 1 is 1.16 bits per heavy atom. The molecule has 170 valence electrons.